The molecule has 1 atom stereocenters. The standard InChI is InChI=1S/C23H24N2O4S/c1-15-12-17(13-16(2)22(15)25(3)4)23-28-20-11-10-18(14-21(20)29-23)24-30(26,27)19-8-6-5-7-9-19/h5-14,23-24H,1-4H3. The first kappa shape index (κ1) is 20.1. The molecule has 1 aliphatic rings. The fourth-order valence-electron chi connectivity index (χ4n) is 3.80. The van der Waals surface area contributed by atoms with E-state index in [9.17, 15) is 8.42 Å². The van der Waals surface area contributed by atoms with Gasteiger partial charge in [-0.05, 0) is 61.4 Å². The summed E-state index contributed by atoms with van der Waals surface area (Å²) in [5, 5.41) is 0. The van der Waals surface area contributed by atoms with Gasteiger partial charge in [0, 0.05) is 31.4 Å². The van der Waals surface area contributed by atoms with E-state index in [4.69, 9.17) is 9.47 Å². The van der Waals surface area contributed by atoms with Gasteiger partial charge in [-0.15, -0.1) is 0 Å². The molecule has 156 valence electrons. The molecule has 1 heterocycles. The van der Waals surface area contributed by atoms with Gasteiger partial charge in [0.15, 0.2) is 11.5 Å². The fourth-order valence-corrected chi connectivity index (χ4v) is 4.87. The Bertz CT molecular complexity index is 1170. The first-order valence-electron chi connectivity index (χ1n) is 9.58. The van der Waals surface area contributed by atoms with Crippen LogP contribution in [0.5, 0.6) is 11.5 Å². The molecule has 0 aromatic heterocycles. The molecule has 1 aliphatic heterocycles. The van der Waals surface area contributed by atoms with E-state index < -0.39 is 16.3 Å². The smallest absolute Gasteiger partial charge is 0.267 e. The average molecular weight is 425 g/mol. The molecule has 0 radical (unpaired) electrons. The number of hydrogen-bond donors (Lipinski definition) is 1. The first-order valence-corrected chi connectivity index (χ1v) is 11.1. The van der Waals surface area contributed by atoms with Crippen molar-refractivity contribution in [3.8, 4) is 11.5 Å². The summed E-state index contributed by atoms with van der Waals surface area (Å²) in [4.78, 5) is 2.29. The fraction of sp³-hybridized carbons (Fsp3) is 0.217. The molecule has 3 aromatic carbocycles. The Kier molecular flexibility index (Phi) is 5.07. The number of fused-ring (bicyclic) bond motifs is 1. The highest BCUT2D eigenvalue weighted by Gasteiger charge is 2.27. The molecule has 6 nitrogen and oxygen atoms in total. The van der Waals surface area contributed by atoms with Crippen molar-refractivity contribution < 1.29 is 17.9 Å². The average Bonchev–Trinajstić information content (AvgIpc) is 3.11. The second-order valence-electron chi connectivity index (χ2n) is 7.55. The van der Waals surface area contributed by atoms with Gasteiger partial charge in [0.25, 0.3) is 16.3 Å². The lowest BCUT2D eigenvalue weighted by atomic mass is 10.0. The number of hydrogen-bond acceptors (Lipinski definition) is 5. The van der Waals surface area contributed by atoms with Crippen molar-refractivity contribution in [1.29, 1.82) is 0 Å². The predicted molar refractivity (Wildman–Crippen MR) is 118 cm³/mol. The summed E-state index contributed by atoms with van der Waals surface area (Å²) < 4.78 is 39.7. The lowest BCUT2D eigenvalue weighted by Crippen LogP contribution is -2.14. The Morgan fingerprint density at radius 1 is 0.867 bits per heavy atom. The Labute approximate surface area is 177 Å². The van der Waals surface area contributed by atoms with E-state index in [2.05, 4.69) is 35.6 Å². The van der Waals surface area contributed by atoms with Crippen molar-refractivity contribution in [2.45, 2.75) is 25.0 Å². The van der Waals surface area contributed by atoms with E-state index in [1.54, 1.807) is 48.5 Å². The number of nitrogens with zero attached hydrogens (tertiary/aromatic N) is 1. The molecule has 7 heteroatoms. The molecule has 1 unspecified atom stereocenters. The Morgan fingerprint density at radius 2 is 1.50 bits per heavy atom. The molecule has 0 saturated heterocycles. The van der Waals surface area contributed by atoms with Crippen LogP contribution < -0.4 is 19.1 Å². The van der Waals surface area contributed by atoms with Gasteiger partial charge in [0.1, 0.15) is 0 Å². The maximum absolute atomic E-state index is 12.6. The van der Waals surface area contributed by atoms with Crippen LogP contribution in [0.2, 0.25) is 0 Å². The summed E-state index contributed by atoms with van der Waals surface area (Å²) in [7, 11) is 0.367. The van der Waals surface area contributed by atoms with Gasteiger partial charge in [-0.2, -0.15) is 0 Å². The number of ether oxygens (including phenoxy) is 2. The lowest BCUT2D eigenvalue weighted by molar-refractivity contribution is 0.0486. The van der Waals surface area contributed by atoms with E-state index in [0.717, 1.165) is 16.7 Å². The third-order valence-electron chi connectivity index (χ3n) is 4.95. The van der Waals surface area contributed by atoms with Crippen molar-refractivity contribution in [3.63, 3.8) is 0 Å². The Balaban J connectivity index is 1.56. The van der Waals surface area contributed by atoms with Gasteiger partial charge in [0.2, 0.25) is 0 Å². The second-order valence-corrected chi connectivity index (χ2v) is 9.23. The van der Waals surface area contributed by atoms with Crippen LogP contribution in [0.25, 0.3) is 0 Å². The van der Waals surface area contributed by atoms with Crippen molar-refractivity contribution >= 4 is 21.4 Å². The van der Waals surface area contributed by atoms with Gasteiger partial charge in [0.05, 0.1) is 10.6 Å². The van der Waals surface area contributed by atoms with Gasteiger partial charge in [-0.3, -0.25) is 4.72 Å². The topological polar surface area (TPSA) is 67.9 Å². The number of rotatable bonds is 5. The Morgan fingerprint density at radius 3 is 2.13 bits per heavy atom. The molecule has 0 amide bonds. The van der Waals surface area contributed by atoms with Gasteiger partial charge < -0.3 is 14.4 Å². The van der Waals surface area contributed by atoms with Gasteiger partial charge >= 0.3 is 0 Å². The number of benzene rings is 3. The van der Waals surface area contributed by atoms with Crippen molar-refractivity contribution in [1.82, 2.24) is 0 Å². The highest BCUT2D eigenvalue weighted by Crippen LogP contribution is 2.43. The second kappa shape index (κ2) is 7.57. The zero-order chi connectivity index (χ0) is 21.5. The van der Waals surface area contributed by atoms with E-state index in [-0.39, 0.29) is 4.90 Å². The summed E-state index contributed by atoms with van der Waals surface area (Å²) in [6.45, 7) is 4.12. The molecule has 0 aliphatic carbocycles. The predicted octanol–water partition coefficient (Wildman–Crippen LogP) is 4.64. The van der Waals surface area contributed by atoms with Gasteiger partial charge in [-0.25, -0.2) is 8.42 Å². The number of nitrogens with one attached hydrogen (secondary N) is 1. The molecule has 0 spiro atoms. The molecule has 0 fully saturated rings. The molecule has 0 bridgehead atoms. The van der Waals surface area contributed by atoms with Crippen LogP contribution >= 0.6 is 0 Å². The molecule has 0 saturated carbocycles. The van der Waals surface area contributed by atoms with Gasteiger partial charge in [-0.1, -0.05) is 18.2 Å². The third kappa shape index (κ3) is 3.80. The summed E-state index contributed by atoms with van der Waals surface area (Å²) in [6, 6.07) is 17.4. The van der Waals surface area contributed by atoms with Crippen LogP contribution in [-0.4, -0.2) is 22.5 Å². The molecular formula is C23H24N2O4S. The zero-order valence-corrected chi connectivity index (χ0v) is 18.2. The summed E-state index contributed by atoms with van der Waals surface area (Å²) >= 11 is 0. The normalized spacial score (nSPS) is 15.1. The van der Waals surface area contributed by atoms with Crippen LogP contribution in [0, 0.1) is 13.8 Å². The van der Waals surface area contributed by atoms with Crippen LogP contribution in [0.15, 0.2) is 65.6 Å². The van der Waals surface area contributed by atoms with Crippen molar-refractivity contribution in [2.75, 3.05) is 23.7 Å². The summed E-state index contributed by atoms with van der Waals surface area (Å²) in [6.07, 6.45) is -0.574. The van der Waals surface area contributed by atoms with Crippen LogP contribution in [-0.2, 0) is 10.0 Å². The first-order chi connectivity index (χ1) is 14.2. The molecular weight excluding hydrogens is 400 g/mol. The number of anilines is 2. The highest BCUT2D eigenvalue weighted by molar-refractivity contribution is 7.92. The van der Waals surface area contributed by atoms with Crippen LogP contribution in [0.1, 0.15) is 23.0 Å². The molecule has 1 N–H and O–H groups in total. The quantitative estimate of drug-likeness (QED) is 0.646. The SMILES string of the molecule is Cc1cc(C2Oc3ccc(NS(=O)(=O)c4ccccc4)cc3O2)cc(C)c1N(C)C. The minimum atomic E-state index is -3.67. The van der Waals surface area contributed by atoms with E-state index in [1.165, 1.54) is 5.69 Å². The highest BCUT2D eigenvalue weighted by atomic mass is 32.2. The van der Waals surface area contributed by atoms with Crippen molar-refractivity contribution in [2.24, 2.45) is 0 Å². The maximum Gasteiger partial charge on any atom is 0.267 e. The number of aryl methyl sites for hydroxylation is 2. The largest absolute Gasteiger partial charge is 0.447 e. The Hall–Kier alpha value is -3.19. The monoisotopic (exact) mass is 424 g/mol. The molecule has 4 rings (SSSR count). The maximum atomic E-state index is 12.6. The third-order valence-corrected chi connectivity index (χ3v) is 6.35. The molecule has 30 heavy (non-hydrogen) atoms. The summed E-state index contributed by atoms with van der Waals surface area (Å²) in [5.41, 5.74) is 4.77. The van der Waals surface area contributed by atoms with Crippen LogP contribution in [0.4, 0.5) is 11.4 Å². The van der Waals surface area contributed by atoms with E-state index in [0.29, 0.717) is 17.2 Å². The summed E-state index contributed by atoms with van der Waals surface area (Å²) in [5.74, 6) is 1.08. The zero-order valence-electron chi connectivity index (χ0n) is 17.3. The minimum Gasteiger partial charge on any atom is -0.447 e. The lowest BCUT2D eigenvalue weighted by Gasteiger charge is -2.21. The van der Waals surface area contributed by atoms with Crippen LogP contribution in [0.3, 0.4) is 0 Å². The van der Waals surface area contributed by atoms with E-state index >= 15 is 0 Å². The minimum absolute atomic E-state index is 0.201. The van der Waals surface area contributed by atoms with E-state index in [1.807, 2.05) is 14.1 Å². The molecule has 3 aromatic rings. The number of sulfonamides is 1. The van der Waals surface area contributed by atoms with Crippen molar-refractivity contribution in [3.05, 3.63) is 77.4 Å².